The van der Waals surface area contributed by atoms with Gasteiger partial charge in [-0.05, 0) is 45.4 Å². The van der Waals surface area contributed by atoms with E-state index in [1.165, 1.54) is 0 Å². The van der Waals surface area contributed by atoms with Crippen molar-refractivity contribution in [2.24, 2.45) is 23.3 Å². The lowest BCUT2D eigenvalue weighted by Crippen LogP contribution is -2.50. The molecule has 0 bridgehead atoms. The number of carbonyl (C=O) groups excluding carboxylic acids is 2. The molecule has 0 aliphatic heterocycles. The average Bonchev–Trinajstić information content (AvgIpc) is 2.69. The standard InChI is InChI=1S/C19H36N2O6.C4H9NO2/c1-8-12(4)16(20)17(24)26-14(10-15(22)23)13(9-11(2)3)21-18(25)27-19(5,6)7;1-2-3(5)4(6)7/h11-14,16H,8-10,20H2,1-7H3,(H,21,25)(H,22,23);3H,2,5H2,1H3,(H,6,7)/t12-,13-,14-,16-;/m0./s1. The second kappa shape index (κ2) is 16.3. The molecule has 0 aromatic rings. The van der Waals surface area contributed by atoms with Crippen LogP contribution in [0.4, 0.5) is 4.79 Å². The van der Waals surface area contributed by atoms with Gasteiger partial charge in [-0.3, -0.25) is 14.4 Å². The van der Waals surface area contributed by atoms with Gasteiger partial charge in [-0.2, -0.15) is 0 Å². The zero-order chi connectivity index (χ0) is 27.2. The summed E-state index contributed by atoms with van der Waals surface area (Å²) in [6, 6.07) is -2.24. The Balaban J connectivity index is 0. The number of alkyl carbamates (subject to hydrolysis) is 1. The monoisotopic (exact) mass is 491 g/mol. The van der Waals surface area contributed by atoms with Crippen LogP contribution < -0.4 is 16.8 Å². The Morgan fingerprint density at radius 2 is 1.50 bits per heavy atom. The lowest BCUT2D eigenvalue weighted by molar-refractivity contribution is -0.157. The van der Waals surface area contributed by atoms with Crippen molar-refractivity contribution in [3.8, 4) is 0 Å². The molecule has 0 aliphatic rings. The second-order valence-electron chi connectivity index (χ2n) is 9.72. The largest absolute Gasteiger partial charge is 0.481 e. The maximum Gasteiger partial charge on any atom is 0.408 e. The van der Waals surface area contributed by atoms with Crippen LogP contribution in [-0.4, -0.2) is 64.0 Å². The molecule has 0 aliphatic carbocycles. The summed E-state index contributed by atoms with van der Waals surface area (Å²) in [5.41, 5.74) is 10.2. The number of ether oxygens (including phenoxy) is 2. The number of nitrogens with one attached hydrogen (secondary N) is 1. The van der Waals surface area contributed by atoms with Gasteiger partial charge in [-0.15, -0.1) is 0 Å². The molecule has 0 aromatic heterocycles. The van der Waals surface area contributed by atoms with Crippen molar-refractivity contribution in [3.05, 3.63) is 0 Å². The minimum atomic E-state index is -1.13. The maximum atomic E-state index is 12.4. The van der Waals surface area contributed by atoms with Gasteiger partial charge in [0.25, 0.3) is 0 Å². The fourth-order valence-electron chi connectivity index (χ4n) is 2.60. The maximum absolute atomic E-state index is 12.4. The Labute approximate surface area is 202 Å². The summed E-state index contributed by atoms with van der Waals surface area (Å²) in [6.07, 6.45) is -0.568. The van der Waals surface area contributed by atoms with Gasteiger partial charge in [0.15, 0.2) is 0 Å². The minimum Gasteiger partial charge on any atom is -0.481 e. The van der Waals surface area contributed by atoms with Gasteiger partial charge in [0.1, 0.15) is 23.8 Å². The smallest absolute Gasteiger partial charge is 0.408 e. The van der Waals surface area contributed by atoms with Crippen LogP contribution in [0.25, 0.3) is 0 Å². The Bertz CT molecular complexity index is 649. The van der Waals surface area contributed by atoms with E-state index < -0.39 is 60.3 Å². The third-order valence-corrected chi connectivity index (χ3v) is 4.81. The predicted molar refractivity (Wildman–Crippen MR) is 128 cm³/mol. The summed E-state index contributed by atoms with van der Waals surface area (Å²) in [4.78, 5) is 45.6. The summed E-state index contributed by atoms with van der Waals surface area (Å²) in [5, 5.41) is 19.9. The summed E-state index contributed by atoms with van der Waals surface area (Å²) in [5.74, 6) is -2.71. The molecule has 0 rings (SSSR count). The van der Waals surface area contributed by atoms with E-state index in [4.69, 9.17) is 26.0 Å². The summed E-state index contributed by atoms with van der Waals surface area (Å²) in [7, 11) is 0. The van der Waals surface area contributed by atoms with E-state index in [1.807, 2.05) is 27.7 Å². The highest BCUT2D eigenvalue weighted by molar-refractivity contribution is 5.77. The van der Waals surface area contributed by atoms with Crippen LogP contribution >= 0.6 is 0 Å². The van der Waals surface area contributed by atoms with Crippen molar-refractivity contribution in [1.29, 1.82) is 0 Å². The quantitative estimate of drug-likeness (QED) is 0.253. The van der Waals surface area contributed by atoms with E-state index in [2.05, 4.69) is 5.32 Å². The number of carboxylic acids is 2. The van der Waals surface area contributed by atoms with E-state index in [9.17, 15) is 24.3 Å². The first-order valence-corrected chi connectivity index (χ1v) is 11.6. The molecule has 1 unspecified atom stereocenters. The van der Waals surface area contributed by atoms with Crippen LogP contribution in [0.15, 0.2) is 0 Å². The van der Waals surface area contributed by atoms with E-state index in [-0.39, 0.29) is 11.8 Å². The number of hydrogen-bond acceptors (Lipinski definition) is 8. The van der Waals surface area contributed by atoms with Crippen LogP contribution in [0.3, 0.4) is 0 Å². The molecule has 0 heterocycles. The highest BCUT2D eigenvalue weighted by Crippen LogP contribution is 2.18. The van der Waals surface area contributed by atoms with Crippen molar-refractivity contribution < 1.29 is 38.9 Å². The lowest BCUT2D eigenvalue weighted by Gasteiger charge is -2.30. The summed E-state index contributed by atoms with van der Waals surface area (Å²) >= 11 is 0. The first-order chi connectivity index (χ1) is 15.4. The lowest BCUT2D eigenvalue weighted by atomic mass is 9.96. The van der Waals surface area contributed by atoms with Crippen LogP contribution in [0.5, 0.6) is 0 Å². The topological polar surface area (TPSA) is 191 Å². The molecular formula is C23H45N3O8. The number of carbonyl (C=O) groups is 4. The minimum absolute atomic E-state index is 0.106. The Morgan fingerprint density at radius 3 is 1.82 bits per heavy atom. The van der Waals surface area contributed by atoms with E-state index in [1.54, 1.807) is 27.7 Å². The fourth-order valence-corrected chi connectivity index (χ4v) is 2.60. The number of rotatable bonds is 12. The first-order valence-electron chi connectivity index (χ1n) is 11.6. The molecule has 0 saturated heterocycles. The van der Waals surface area contributed by atoms with E-state index in [0.717, 1.165) is 0 Å². The van der Waals surface area contributed by atoms with E-state index in [0.29, 0.717) is 19.3 Å². The Morgan fingerprint density at radius 1 is 0.971 bits per heavy atom. The molecule has 0 spiro atoms. The van der Waals surface area contributed by atoms with Crippen LogP contribution in [0.2, 0.25) is 0 Å². The molecule has 0 aromatic carbocycles. The third-order valence-electron chi connectivity index (χ3n) is 4.81. The van der Waals surface area contributed by atoms with Crippen molar-refractivity contribution in [2.45, 2.75) is 111 Å². The third kappa shape index (κ3) is 16.2. The number of aliphatic carboxylic acids is 2. The van der Waals surface area contributed by atoms with Crippen LogP contribution in [-0.2, 0) is 23.9 Å². The van der Waals surface area contributed by atoms with Crippen molar-refractivity contribution in [2.75, 3.05) is 0 Å². The van der Waals surface area contributed by atoms with Crippen LogP contribution in [0, 0.1) is 11.8 Å². The van der Waals surface area contributed by atoms with E-state index >= 15 is 0 Å². The zero-order valence-corrected chi connectivity index (χ0v) is 21.8. The van der Waals surface area contributed by atoms with Crippen molar-refractivity contribution in [1.82, 2.24) is 5.32 Å². The first kappa shape index (κ1) is 33.8. The SMILES string of the molecule is CCC(N)C(=O)O.CC[C@H](C)[C@H](N)C(=O)O[C@@H](CC(=O)O)[C@H](CC(C)C)NC(=O)OC(C)(C)C. The molecule has 11 heteroatoms. The fraction of sp³-hybridized carbons (Fsp3) is 0.826. The summed E-state index contributed by atoms with van der Waals surface area (Å²) < 4.78 is 10.7. The molecule has 0 radical (unpaired) electrons. The van der Waals surface area contributed by atoms with Crippen molar-refractivity contribution >= 4 is 24.0 Å². The van der Waals surface area contributed by atoms with Crippen molar-refractivity contribution in [3.63, 3.8) is 0 Å². The molecule has 1 amide bonds. The van der Waals surface area contributed by atoms with Crippen LogP contribution in [0.1, 0.15) is 81.1 Å². The average molecular weight is 492 g/mol. The van der Waals surface area contributed by atoms with Gasteiger partial charge >= 0.3 is 24.0 Å². The highest BCUT2D eigenvalue weighted by atomic mass is 16.6. The highest BCUT2D eigenvalue weighted by Gasteiger charge is 2.33. The summed E-state index contributed by atoms with van der Waals surface area (Å²) in [6.45, 7) is 14.5. The molecule has 0 saturated carbocycles. The number of nitrogens with two attached hydrogens (primary N) is 2. The molecule has 34 heavy (non-hydrogen) atoms. The van der Waals surface area contributed by atoms with Gasteiger partial charge in [-0.1, -0.05) is 41.0 Å². The molecule has 5 atom stereocenters. The Kier molecular flexibility index (Phi) is 16.2. The molecule has 0 fully saturated rings. The number of amides is 1. The Hall–Kier alpha value is -2.40. The normalized spacial score (nSPS) is 15.6. The number of hydrogen-bond donors (Lipinski definition) is 5. The van der Waals surface area contributed by atoms with Gasteiger partial charge in [0.05, 0.1) is 12.5 Å². The zero-order valence-electron chi connectivity index (χ0n) is 21.8. The predicted octanol–water partition coefficient (Wildman–Crippen LogP) is 2.49. The van der Waals surface area contributed by atoms with Gasteiger partial charge in [-0.25, -0.2) is 4.79 Å². The van der Waals surface area contributed by atoms with Gasteiger partial charge in [0, 0.05) is 0 Å². The molecule has 11 nitrogen and oxygen atoms in total. The number of carboxylic acid groups (broad SMARTS) is 2. The second-order valence-corrected chi connectivity index (χ2v) is 9.72. The van der Waals surface area contributed by atoms with Gasteiger partial charge < -0.3 is 36.5 Å². The number of esters is 1. The molecule has 7 N–H and O–H groups in total. The molecular weight excluding hydrogens is 446 g/mol. The molecule has 200 valence electrons. The van der Waals surface area contributed by atoms with Gasteiger partial charge in [0.2, 0.25) is 0 Å².